The molecule has 2 aromatic heterocycles. The van der Waals surface area contributed by atoms with Crippen LogP contribution in [0.15, 0.2) is 44.3 Å². The lowest BCUT2D eigenvalue weighted by molar-refractivity contribution is 0.556. The Hall–Kier alpha value is -2.56. The fourth-order valence-corrected chi connectivity index (χ4v) is 2.11. The molecule has 19 heavy (non-hydrogen) atoms. The third kappa shape index (κ3) is 1.79. The van der Waals surface area contributed by atoms with Gasteiger partial charge in [-0.1, -0.05) is 12.1 Å². The molecule has 0 aliphatic carbocycles. The molecule has 0 fully saturated rings. The van der Waals surface area contributed by atoms with E-state index in [2.05, 4.69) is 5.10 Å². The summed E-state index contributed by atoms with van der Waals surface area (Å²) in [7, 11) is 0. The van der Waals surface area contributed by atoms with Crippen molar-refractivity contribution in [3.63, 3.8) is 0 Å². The van der Waals surface area contributed by atoms with Crippen molar-refractivity contribution in [1.82, 2.24) is 9.78 Å². The summed E-state index contributed by atoms with van der Waals surface area (Å²) in [6.45, 7) is 3.71. The number of hydrogen-bond donors (Lipinski definition) is 1. The van der Waals surface area contributed by atoms with Crippen LogP contribution < -0.4 is 11.2 Å². The van der Waals surface area contributed by atoms with Crippen molar-refractivity contribution in [2.24, 2.45) is 0 Å². The van der Waals surface area contributed by atoms with Gasteiger partial charge in [0.1, 0.15) is 5.52 Å². The molecule has 5 nitrogen and oxygen atoms in total. The molecule has 0 bridgehead atoms. The number of aromatic amines is 1. The number of rotatable bonds is 1. The van der Waals surface area contributed by atoms with E-state index in [4.69, 9.17) is 4.42 Å². The van der Waals surface area contributed by atoms with Crippen LogP contribution in [0.25, 0.3) is 16.8 Å². The minimum Gasteiger partial charge on any atom is -0.415 e. The molecule has 1 N–H and O–H groups in total. The standard InChI is InChI=1S/C14H12N2O3/c1-8-4-3-5-10(6-8)16-14(18)13-12(15-16)9(2)7-11(17)19-13/h3-7,15H,1-2H3. The Morgan fingerprint density at radius 2 is 1.95 bits per heavy atom. The summed E-state index contributed by atoms with van der Waals surface area (Å²) >= 11 is 0. The molecule has 0 aliphatic heterocycles. The van der Waals surface area contributed by atoms with Gasteiger partial charge in [0.05, 0.1) is 5.69 Å². The Morgan fingerprint density at radius 3 is 2.68 bits per heavy atom. The number of aryl methyl sites for hydroxylation is 2. The molecule has 0 spiro atoms. The van der Waals surface area contributed by atoms with Crippen LogP contribution >= 0.6 is 0 Å². The van der Waals surface area contributed by atoms with E-state index in [0.717, 1.165) is 5.56 Å². The molecule has 0 aliphatic rings. The summed E-state index contributed by atoms with van der Waals surface area (Å²) in [5, 5.41) is 2.97. The van der Waals surface area contributed by atoms with Crippen LogP contribution in [0.3, 0.4) is 0 Å². The van der Waals surface area contributed by atoms with Crippen LogP contribution in [0, 0.1) is 13.8 Å². The van der Waals surface area contributed by atoms with E-state index in [0.29, 0.717) is 16.8 Å². The predicted octanol–water partition coefficient (Wildman–Crippen LogP) is 1.89. The number of hydrogen-bond acceptors (Lipinski definition) is 3. The summed E-state index contributed by atoms with van der Waals surface area (Å²) in [5.74, 6) is 0. The second-order valence-corrected chi connectivity index (χ2v) is 4.54. The van der Waals surface area contributed by atoms with Crippen LogP contribution in [-0.4, -0.2) is 9.78 Å². The fraction of sp³-hybridized carbons (Fsp3) is 0.143. The maximum Gasteiger partial charge on any atom is 0.336 e. The summed E-state index contributed by atoms with van der Waals surface area (Å²) in [4.78, 5) is 23.6. The molecule has 0 radical (unpaired) electrons. The normalized spacial score (nSPS) is 11.1. The van der Waals surface area contributed by atoms with Crippen molar-refractivity contribution in [2.75, 3.05) is 0 Å². The zero-order valence-electron chi connectivity index (χ0n) is 10.6. The molecule has 0 saturated carbocycles. The lowest BCUT2D eigenvalue weighted by atomic mass is 10.2. The van der Waals surface area contributed by atoms with Crippen molar-refractivity contribution in [3.05, 3.63) is 62.2 Å². The first kappa shape index (κ1) is 11.5. The second-order valence-electron chi connectivity index (χ2n) is 4.54. The van der Waals surface area contributed by atoms with Crippen molar-refractivity contribution in [1.29, 1.82) is 0 Å². The summed E-state index contributed by atoms with van der Waals surface area (Å²) in [6.07, 6.45) is 0. The van der Waals surface area contributed by atoms with Crippen molar-refractivity contribution < 1.29 is 4.42 Å². The molecule has 5 heteroatoms. The topological polar surface area (TPSA) is 68.0 Å². The minimum absolute atomic E-state index is 0.0616. The average molecular weight is 256 g/mol. The van der Waals surface area contributed by atoms with Gasteiger partial charge in [-0.15, -0.1) is 0 Å². The maximum absolute atomic E-state index is 12.2. The smallest absolute Gasteiger partial charge is 0.336 e. The maximum atomic E-state index is 12.2. The first-order valence-corrected chi connectivity index (χ1v) is 5.89. The number of benzene rings is 1. The molecular weight excluding hydrogens is 244 g/mol. The summed E-state index contributed by atoms with van der Waals surface area (Å²) < 4.78 is 6.37. The van der Waals surface area contributed by atoms with Crippen molar-refractivity contribution in [2.45, 2.75) is 13.8 Å². The SMILES string of the molecule is Cc1cccc(-n2[nH]c3c(C)cc(=O)oc3c2=O)c1. The van der Waals surface area contributed by atoms with Crippen LogP contribution in [0.4, 0.5) is 0 Å². The first-order valence-electron chi connectivity index (χ1n) is 5.89. The third-order valence-electron chi connectivity index (χ3n) is 3.04. The van der Waals surface area contributed by atoms with Crippen molar-refractivity contribution in [3.8, 4) is 5.69 Å². The summed E-state index contributed by atoms with van der Waals surface area (Å²) in [6, 6.07) is 8.87. The van der Waals surface area contributed by atoms with E-state index >= 15 is 0 Å². The van der Waals surface area contributed by atoms with E-state index in [9.17, 15) is 9.59 Å². The number of fused-ring (bicyclic) bond motifs is 1. The van der Waals surface area contributed by atoms with Gasteiger partial charge in [0.25, 0.3) is 0 Å². The van der Waals surface area contributed by atoms with Gasteiger partial charge in [0, 0.05) is 6.07 Å². The molecule has 96 valence electrons. The second kappa shape index (κ2) is 3.98. The lowest BCUT2D eigenvalue weighted by Crippen LogP contribution is -2.14. The zero-order chi connectivity index (χ0) is 13.6. The Balaban J connectivity index is 2.38. The summed E-state index contributed by atoms with van der Waals surface area (Å²) in [5.41, 5.74) is 2.18. The molecular formula is C14H12N2O3. The van der Waals surface area contributed by atoms with Gasteiger partial charge >= 0.3 is 11.2 Å². The number of nitrogens with one attached hydrogen (secondary N) is 1. The molecule has 0 saturated heterocycles. The Labute approximate surface area is 108 Å². The van der Waals surface area contributed by atoms with E-state index in [1.54, 1.807) is 6.92 Å². The number of H-pyrrole nitrogens is 1. The molecule has 2 heterocycles. The Morgan fingerprint density at radius 1 is 1.16 bits per heavy atom. The van der Waals surface area contributed by atoms with E-state index in [1.807, 2.05) is 31.2 Å². The first-order chi connectivity index (χ1) is 9.06. The van der Waals surface area contributed by atoms with E-state index < -0.39 is 5.63 Å². The minimum atomic E-state index is -0.516. The molecule has 0 amide bonds. The van der Waals surface area contributed by atoms with Crippen LogP contribution in [0.5, 0.6) is 0 Å². The van der Waals surface area contributed by atoms with E-state index in [1.165, 1.54) is 10.7 Å². The lowest BCUT2D eigenvalue weighted by Gasteiger charge is -2.01. The van der Waals surface area contributed by atoms with Crippen LogP contribution in [0.2, 0.25) is 0 Å². The monoisotopic (exact) mass is 256 g/mol. The molecule has 3 aromatic rings. The van der Waals surface area contributed by atoms with Gasteiger partial charge in [-0.2, -0.15) is 0 Å². The molecule has 0 unspecified atom stereocenters. The Kier molecular flexibility index (Phi) is 2.41. The van der Waals surface area contributed by atoms with Gasteiger partial charge in [0.15, 0.2) is 0 Å². The van der Waals surface area contributed by atoms with Gasteiger partial charge < -0.3 is 4.42 Å². The van der Waals surface area contributed by atoms with Crippen LogP contribution in [-0.2, 0) is 0 Å². The molecule has 1 aromatic carbocycles. The number of nitrogens with zero attached hydrogens (tertiary/aromatic N) is 1. The largest absolute Gasteiger partial charge is 0.415 e. The zero-order valence-corrected chi connectivity index (χ0v) is 10.6. The molecule has 0 atom stereocenters. The molecule has 3 rings (SSSR count). The third-order valence-corrected chi connectivity index (χ3v) is 3.04. The van der Waals surface area contributed by atoms with E-state index in [-0.39, 0.29) is 11.1 Å². The highest BCUT2D eigenvalue weighted by molar-refractivity contribution is 5.75. The highest BCUT2D eigenvalue weighted by Gasteiger charge is 2.13. The fourth-order valence-electron chi connectivity index (χ4n) is 2.11. The van der Waals surface area contributed by atoms with Gasteiger partial charge in [-0.3, -0.25) is 9.89 Å². The Bertz CT molecular complexity index is 884. The van der Waals surface area contributed by atoms with Crippen molar-refractivity contribution >= 4 is 11.1 Å². The number of aromatic nitrogens is 2. The van der Waals surface area contributed by atoms with Gasteiger partial charge in [-0.05, 0) is 37.1 Å². The highest BCUT2D eigenvalue weighted by Crippen LogP contribution is 2.13. The quantitative estimate of drug-likeness (QED) is 0.723. The average Bonchev–Trinajstić information content (AvgIpc) is 2.68. The van der Waals surface area contributed by atoms with Gasteiger partial charge in [-0.25, -0.2) is 9.48 Å². The highest BCUT2D eigenvalue weighted by atomic mass is 16.4. The van der Waals surface area contributed by atoms with Crippen LogP contribution in [0.1, 0.15) is 11.1 Å². The predicted molar refractivity (Wildman–Crippen MR) is 71.9 cm³/mol. The van der Waals surface area contributed by atoms with Gasteiger partial charge in [0.2, 0.25) is 5.58 Å².